The molecular formula is C18H21NO3S. The van der Waals surface area contributed by atoms with Gasteiger partial charge in [-0.1, -0.05) is 48.0 Å². The van der Waals surface area contributed by atoms with Gasteiger partial charge in [0.1, 0.15) is 0 Å². The Hall–Kier alpha value is -2.14. The Morgan fingerprint density at radius 3 is 2.22 bits per heavy atom. The van der Waals surface area contributed by atoms with Crippen molar-refractivity contribution in [3.05, 3.63) is 65.7 Å². The molecule has 0 atom stereocenters. The summed E-state index contributed by atoms with van der Waals surface area (Å²) in [6.45, 7) is 5.60. The first-order valence-electron chi connectivity index (χ1n) is 7.48. The lowest BCUT2D eigenvalue weighted by molar-refractivity contribution is 0.224. The van der Waals surface area contributed by atoms with Crippen molar-refractivity contribution in [1.82, 2.24) is 0 Å². The summed E-state index contributed by atoms with van der Waals surface area (Å²) in [4.78, 5) is 0.168. The van der Waals surface area contributed by atoms with Crippen molar-refractivity contribution in [3.8, 4) is 0 Å². The molecule has 0 aliphatic rings. The van der Waals surface area contributed by atoms with Crippen LogP contribution in [0.5, 0.6) is 0 Å². The number of aryl methyl sites for hydroxylation is 1. The second-order valence-corrected chi connectivity index (χ2v) is 7.21. The summed E-state index contributed by atoms with van der Waals surface area (Å²) in [6.07, 6.45) is 0.190. The first-order valence-corrected chi connectivity index (χ1v) is 8.92. The molecule has 0 bridgehead atoms. The van der Waals surface area contributed by atoms with E-state index < -0.39 is 10.0 Å². The molecule has 4 nitrogen and oxygen atoms in total. The molecule has 0 radical (unpaired) electrons. The number of sulfonamides is 1. The van der Waals surface area contributed by atoms with Crippen molar-refractivity contribution in [1.29, 1.82) is 0 Å². The van der Waals surface area contributed by atoms with E-state index >= 15 is 0 Å². The van der Waals surface area contributed by atoms with Crippen LogP contribution in [0, 0.1) is 6.92 Å². The molecule has 0 aliphatic carbocycles. The van der Waals surface area contributed by atoms with Crippen LogP contribution in [-0.2, 0) is 21.2 Å². The fourth-order valence-corrected chi connectivity index (χ4v) is 3.00. The van der Waals surface area contributed by atoms with Crippen molar-refractivity contribution in [2.45, 2.75) is 38.2 Å². The average molecular weight is 331 g/mol. The average Bonchev–Trinajstić information content (AvgIpc) is 2.47. The molecule has 2 rings (SSSR count). The zero-order valence-electron chi connectivity index (χ0n) is 13.6. The molecule has 0 saturated heterocycles. The molecule has 0 saturated carbocycles. The molecule has 0 unspecified atom stereocenters. The Labute approximate surface area is 137 Å². The number of benzene rings is 2. The summed E-state index contributed by atoms with van der Waals surface area (Å²) in [5.41, 5.74) is 1.95. The van der Waals surface area contributed by atoms with Gasteiger partial charge in [0.25, 0.3) is 10.0 Å². The van der Waals surface area contributed by atoms with Crippen LogP contribution in [0.4, 0.5) is 0 Å². The molecule has 122 valence electrons. The van der Waals surface area contributed by atoms with Gasteiger partial charge in [0.15, 0.2) is 0 Å². The van der Waals surface area contributed by atoms with Gasteiger partial charge in [-0.3, -0.25) is 0 Å². The van der Waals surface area contributed by atoms with Gasteiger partial charge in [-0.25, -0.2) is 0 Å². The lowest BCUT2D eigenvalue weighted by atomic mass is 10.1. The van der Waals surface area contributed by atoms with Crippen molar-refractivity contribution >= 4 is 15.9 Å². The normalized spacial score (nSPS) is 12.4. The maximum atomic E-state index is 12.5. The van der Waals surface area contributed by atoms with E-state index in [0.29, 0.717) is 6.42 Å². The van der Waals surface area contributed by atoms with Gasteiger partial charge in [0.2, 0.25) is 5.90 Å². The number of ether oxygens (including phenoxy) is 1. The molecule has 0 heterocycles. The highest BCUT2D eigenvalue weighted by Crippen LogP contribution is 2.15. The minimum absolute atomic E-state index is 0.148. The maximum Gasteiger partial charge on any atom is 0.285 e. The molecule has 0 aliphatic heterocycles. The summed E-state index contributed by atoms with van der Waals surface area (Å²) in [5, 5.41) is 0. The van der Waals surface area contributed by atoms with Crippen LogP contribution in [0.1, 0.15) is 25.0 Å². The second kappa shape index (κ2) is 7.42. The second-order valence-electron chi connectivity index (χ2n) is 5.60. The van der Waals surface area contributed by atoms with Crippen LogP contribution >= 0.6 is 0 Å². The first-order chi connectivity index (χ1) is 10.9. The first kappa shape index (κ1) is 17.2. The maximum absolute atomic E-state index is 12.5. The Morgan fingerprint density at radius 1 is 1.04 bits per heavy atom. The summed E-state index contributed by atoms with van der Waals surface area (Å²) in [6, 6.07) is 16.2. The van der Waals surface area contributed by atoms with Crippen LogP contribution in [-0.4, -0.2) is 20.4 Å². The molecule has 2 aromatic rings. The molecule has 5 heteroatoms. The monoisotopic (exact) mass is 331 g/mol. The van der Waals surface area contributed by atoms with Crippen molar-refractivity contribution in [2.24, 2.45) is 4.40 Å². The zero-order valence-corrected chi connectivity index (χ0v) is 14.4. The van der Waals surface area contributed by atoms with Crippen molar-refractivity contribution in [3.63, 3.8) is 0 Å². The highest BCUT2D eigenvalue weighted by Gasteiger charge is 2.16. The molecule has 0 spiro atoms. The fourth-order valence-electron chi connectivity index (χ4n) is 2.04. The smallest absolute Gasteiger partial charge is 0.285 e. The Morgan fingerprint density at radius 2 is 1.65 bits per heavy atom. The highest BCUT2D eigenvalue weighted by atomic mass is 32.2. The van der Waals surface area contributed by atoms with Gasteiger partial charge in [-0.2, -0.15) is 8.42 Å². The van der Waals surface area contributed by atoms with Crippen LogP contribution in [0.15, 0.2) is 63.9 Å². The third kappa shape index (κ3) is 5.21. The number of hydrogen-bond donors (Lipinski definition) is 0. The molecule has 0 aromatic heterocycles. The lowest BCUT2D eigenvalue weighted by Gasteiger charge is -2.12. The highest BCUT2D eigenvalue weighted by molar-refractivity contribution is 7.90. The number of hydrogen-bond acceptors (Lipinski definition) is 3. The van der Waals surface area contributed by atoms with E-state index in [1.54, 1.807) is 24.3 Å². The summed E-state index contributed by atoms with van der Waals surface area (Å²) in [5.74, 6) is 0.201. The molecule has 23 heavy (non-hydrogen) atoms. The molecule has 0 N–H and O–H groups in total. The largest absolute Gasteiger partial charge is 0.477 e. The van der Waals surface area contributed by atoms with Crippen molar-refractivity contribution < 1.29 is 13.2 Å². The Balaban J connectivity index is 2.33. The minimum atomic E-state index is -3.78. The summed E-state index contributed by atoms with van der Waals surface area (Å²) < 4.78 is 34.4. The Kier molecular flexibility index (Phi) is 5.55. The Bertz CT molecular complexity index is 764. The topological polar surface area (TPSA) is 55.7 Å². The minimum Gasteiger partial charge on any atom is -0.477 e. The van der Waals surface area contributed by atoms with Gasteiger partial charge in [0, 0.05) is 6.42 Å². The van der Waals surface area contributed by atoms with Gasteiger partial charge in [-0.15, -0.1) is 4.40 Å². The SMILES string of the molecule is Cc1ccc(S(=O)(=O)/N=C(/Cc2ccccc2)OC(C)C)cc1. The van der Waals surface area contributed by atoms with E-state index in [4.69, 9.17) is 4.74 Å². The zero-order chi connectivity index (χ0) is 16.9. The predicted molar refractivity (Wildman–Crippen MR) is 92.2 cm³/mol. The van der Waals surface area contributed by atoms with E-state index in [-0.39, 0.29) is 16.9 Å². The van der Waals surface area contributed by atoms with Crippen LogP contribution < -0.4 is 0 Å². The lowest BCUT2D eigenvalue weighted by Crippen LogP contribution is -2.16. The number of nitrogens with zero attached hydrogens (tertiary/aromatic N) is 1. The van der Waals surface area contributed by atoms with Crippen molar-refractivity contribution in [2.75, 3.05) is 0 Å². The predicted octanol–water partition coefficient (Wildman–Crippen LogP) is 3.75. The van der Waals surface area contributed by atoms with E-state index in [1.807, 2.05) is 51.1 Å². The molecule has 0 fully saturated rings. The van der Waals surface area contributed by atoms with Crippen LogP contribution in [0.2, 0.25) is 0 Å². The third-order valence-electron chi connectivity index (χ3n) is 3.11. The summed E-state index contributed by atoms with van der Waals surface area (Å²) >= 11 is 0. The van der Waals surface area contributed by atoms with E-state index in [9.17, 15) is 8.42 Å². The van der Waals surface area contributed by atoms with Gasteiger partial charge in [0.05, 0.1) is 11.0 Å². The molecule has 0 amide bonds. The number of rotatable bonds is 5. The molecule has 2 aromatic carbocycles. The van der Waals surface area contributed by atoms with E-state index in [2.05, 4.69) is 4.40 Å². The summed E-state index contributed by atoms with van der Waals surface area (Å²) in [7, 11) is -3.78. The van der Waals surface area contributed by atoms with E-state index in [0.717, 1.165) is 11.1 Å². The van der Waals surface area contributed by atoms with Crippen LogP contribution in [0.25, 0.3) is 0 Å². The third-order valence-corrected chi connectivity index (χ3v) is 4.42. The quantitative estimate of drug-likeness (QED) is 0.619. The van der Waals surface area contributed by atoms with E-state index in [1.165, 1.54) is 0 Å². The van der Waals surface area contributed by atoms with Gasteiger partial charge >= 0.3 is 0 Å². The standard InChI is InChI=1S/C18H21NO3S/c1-14(2)22-18(13-16-7-5-4-6-8-16)19-23(20,21)17-11-9-15(3)10-12-17/h4-12,14H,13H2,1-3H3/b19-18-. The van der Waals surface area contributed by atoms with Crippen LogP contribution in [0.3, 0.4) is 0 Å². The van der Waals surface area contributed by atoms with Gasteiger partial charge in [-0.05, 0) is 38.5 Å². The molecular weight excluding hydrogens is 310 g/mol. The van der Waals surface area contributed by atoms with Gasteiger partial charge < -0.3 is 4.74 Å². The fraction of sp³-hybridized carbons (Fsp3) is 0.278.